The Labute approximate surface area is 122 Å². The Bertz CT molecular complexity index is 550. The summed E-state index contributed by atoms with van der Waals surface area (Å²) < 4.78 is 11.7. The molecule has 0 aliphatic carbocycles. The highest BCUT2D eigenvalue weighted by Gasteiger charge is 2.08. The number of halogens is 1. The van der Waals surface area contributed by atoms with Crippen LogP contribution in [0.5, 0.6) is 5.75 Å². The van der Waals surface area contributed by atoms with Crippen LogP contribution in [-0.4, -0.2) is 23.4 Å². The summed E-state index contributed by atoms with van der Waals surface area (Å²) in [6.45, 7) is 0.523. The van der Waals surface area contributed by atoms with Crippen LogP contribution in [0.4, 0.5) is 0 Å². The minimum Gasteiger partial charge on any atom is -0.493 e. The van der Waals surface area contributed by atoms with Gasteiger partial charge in [-0.25, -0.2) is 4.79 Å². The predicted octanol–water partition coefficient (Wildman–Crippen LogP) is 3.91. The van der Waals surface area contributed by atoms with E-state index in [0.29, 0.717) is 17.5 Å². The van der Waals surface area contributed by atoms with Crippen LogP contribution >= 0.6 is 27.7 Å². The third-order valence-electron chi connectivity index (χ3n) is 2.20. The Morgan fingerprint density at radius 2 is 2.00 bits per heavy atom. The topological polar surface area (TPSA) is 59.7 Å². The SMILES string of the molecule is O=C(O)c1ccc(SCCOc2ccc(Br)cc2)o1. The quantitative estimate of drug-likeness (QED) is 0.637. The van der Waals surface area contributed by atoms with Crippen LogP contribution in [-0.2, 0) is 0 Å². The van der Waals surface area contributed by atoms with E-state index in [4.69, 9.17) is 14.3 Å². The summed E-state index contributed by atoms with van der Waals surface area (Å²) in [6.07, 6.45) is 0. The number of carboxylic acid groups (broad SMARTS) is 1. The summed E-state index contributed by atoms with van der Waals surface area (Å²) in [7, 11) is 0. The Morgan fingerprint density at radius 1 is 1.26 bits per heavy atom. The highest BCUT2D eigenvalue weighted by molar-refractivity contribution is 9.10. The fourth-order valence-corrected chi connectivity index (χ4v) is 2.29. The molecule has 0 spiro atoms. The predicted molar refractivity (Wildman–Crippen MR) is 76.0 cm³/mol. The van der Waals surface area contributed by atoms with Gasteiger partial charge in [0.15, 0.2) is 5.09 Å². The van der Waals surface area contributed by atoms with Gasteiger partial charge >= 0.3 is 5.97 Å². The number of rotatable bonds is 6. The van der Waals surface area contributed by atoms with E-state index >= 15 is 0 Å². The van der Waals surface area contributed by atoms with Crippen molar-refractivity contribution in [2.75, 3.05) is 12.4 Å². The molecule has 0 radical (unpaired) electrons. The van der Waals surface area contributed by atoms with Gasteiger partial charge in [0.2, 0.25) is 5.76 Å². The maximum atomic E-state index is 10.6. The van der Waals surface area contributed by atoms with E-state index in [1.807, 2.05) is 24.3 Å². The van der Waals surface area contributed by atoms with Crippen LogP contribution < -0.4 is 4.74 Å². The monoisotopic (exact) mass is 342 g/mol. The molecule has 0 fully saturated rings. The molecule has 0 bridgehead atoms. The summed E-state index contributed by atoms with van der Waals surface area (Å²) in [4.78, 5) is 10.6. The molecule has 1 heterocycles. The lowest BCUT2D eigenvalue weighted by atomic mass is 10.3. The molecular formula is C13H11BrO4S. The van der Waals surface area contributed by atoms with E-state index in [1.165, 1.54) is 17.8 Å². The van der Waals surface area contributed by atoms with Gasteiger partial charge < -0.3 is 14.3 Å². The molecule has 1 aromatic carbocycles. The van der Waals surface area contributed by atoms with Crippen LogP contribution in [0, 0.1) is 0 Å². The van der Waals surface area contributed by atoms with Crippen molar-refractivity contribution in [2.24, 2.45) is 0 Å². The summed E-state index contributed by atoms with van der Waals surface area (Å²) >= 11 is 4.77. The minimum atomic E-state index is -1.06. The third-order valence-corrected chi connectivity index (χ3v) is 3.61. The van der Waals surface area contributed by atoms with Gasteiger partial charge in [0.05, 0.1) is 6.61 Å². The maximum absolute atomic E-state index is 10.6. The van der Waals surface area contributed by atoms with Crippen molar-refractivity contribution in [1.82, 2.24) is 0 Å². The van der Waals surface area contributed by atoms with Gasteiger partial charge in [0.1, 0.15) is 5.75 Å². The number of benzene rings is 1. The number of aromatic carboxylic acids is 1. The van der Waals surface area contributed by atoms with E-state index in [1.54, 1.807) is 6.07 Å². The summed E-state index contributed by atoms with van der Waals surface area (Å²) in [6, 6.07) is 10.7. The van der Waals surface area contributed by atoms with Crippen molar-refractivity contribution < 1.29 is 19.1 Å². The number of carbonyl (C=O) groups is 1. The first-order valence-electron chi connectivity index (χ1n) is 5.49. The zero-order valence-corrected chi connectivity index (χ0v) is 12.2. The van der Waals surface area contributed by atoms with Gasteiger partial charge in [0, 0.05) is 10.2 Å². The molecule has 2 aromatic rings. The molecule has 1 aromatic heterocycles. The van der Waals surface area contributed by atoms with Crippen LogP contribution in [0.15, 0.2) is 50.4 Å². The van der Waals surface area contributed by atoms with Crippen molar-refractivity contribution in [3.63, 3.8) is 0 Å². The maximum Gasteiger partial charge on any atom is 0.371 e. The lowest BCUT2D eigenvalue weighted by Crippen LogP contribution is -1.99. The van der Waals surface area contributed by atoms with Gasteiger partial charge in [-0.3, -0.25) is 0 Å². The molecule has 0 atom stereocenters. The van der Waals surface area contributed by atoms with Gasteiger partial charge in [-0.1, -0.05) is 27.7 Å². The largest absolute Gasteiger partial charge is 0.493 e. The van der Waals surface area contributed by atoms with Crippen LogP contribution in [0.1, 0.15) is 10.6 Å². The molecule has 0 aliphatic heterocycles. The molecule has 2 rings (SSSR count). The standard InChI is InChI=1S/C13H11BrO4S/c14-9-1-3-10(4-2-9)17-7-8-19-12-6-5-11(18-12)13(15)16/h1-6H,7-8H2,(H,15,16). The van der Waals surface area contributed by atoms with E-state index in [0.717, 1.165) is 10.2 Å². The molecule has 0 aliphatic rings. The Balaban J connectivity index is 1.74. The molecule has 0 amide bonds. The zero-order chi connectivity index (χ0) is 13.7. The van der Waals surface area contributed by atoms with Gasteiger partial charge in [0.25, 0.3) is 0 Å². The van der Waals surface area contributed by atoms with Crippen molar-refractivity contribution in [1.29, 1.82) is 0 Å². The number of carboxylic acids is 1. The first-order valence-corrected chi connectivity index (χ1v) is 7.27. The highest BCUT2D eigenvalue weighted by atomic mass is 79.9. The fraction of sp³-hybridized carbons (Fsp3) is 0.154. The van der Waals surface area contributed by atoms with Crippen molar-refractivity contribution in [3.8, 4) is 5.75 Å². The Kier molecular flexibility index (Phi) is 4.93. The van der Waals surface area contributed by atoms with Crippen molar-refractivity contribution in [2.45, 2.75) is 5.09 Å². The molecule has 100 valence electrons. The molecule has 1 N–H and O–H groups in total. The van der Waals surface area contributed by atoms with Crippen LogP contribution in [0.2, 0.25) is 0 Å². The average molecular weight is 343 g/mol. The Morgan fingerprint density at radius 3 is 2.63 bits per heavy atom. The fourth-order valence-electron chi connectivity index (χ4n) is 1.35. The Hall–Kier alpha value is -1.40. The number of thioether (sulfide) groups is 1. The number of ether oxygens (including phenoxy) is 1. The molecule has 19 heavy (non-hydrogen) atoms. The smallest absolute Gasteiger partial charge is 0.371 e. The van der Waals surface area contributed by atoms with Crippen molar-refractivity contribution in [3.05, 3.63) is 46.6 Å². The normalized spacial score (nSPS) is 10.4. The molecule has 4 nitrogen and oxygen atoms in total. The first-order chi connectivity index (χ1) is 9.15. The summed E-state index contributed by atoms with van der Waals surface area (Å²) in [5, 5.41) is 9.29. The van der Waals surface area contributed by atoms with Gasteiger partial charge in [-0.2, -0.15) is 0 Å². The van der Waals surface area contributed by atoms with Gasteiger partial charge in [-0.05, 0) is 36.4 Å². The first kappa shape index (κ1) is 14.0. The highest BCUT2D eigenvalue weighted by Crippen LogP contribution is 2.21. The lowest BCUT2D eigenvalue weighted by Gasteiger charge is -2.04. The molecule has 0 unspecified atom stereocenters. The minimum absolute atomic E-state index is 0.0451. The number of hydrogen-bond acceptors (Lipinski definition) is 4. The third kappa shape index (κ3) is 4.33. The molecule has 6 heteroatoms. The van der Waals surface area contributed by atoms with E-state index in [2.05, 4.69) is 15.9 Å². The second kappa shape index (κ2) is 6.68. The van der Waals surface area contributed by atoms with E-state index in [9.17, 15) is 4.79 Å². The summed E-state index contributed by atoms with van der Waals surface area (Å²) in [5.41, 5.74) is 0. The molecule has 0 saturated carbocycles. The van der Waals surface area contributed by atoms with E-state index < -0.39 is 5.97 Å². The van der Waals surface area contributed by atoms with E-state index in [-0.39, 0.29) is 5.76 Å². The number of hydrogen-bond donors (Lipinski definition) is 1. The molecule has 0 saturated heterocycles. The zero-order valence-electron chi connectivity index (χ0n) is 9.84. The van der Waals surface area contributed by atoms with Crippen LogP contribution in [0.25, 0.3) is 0 Å². The van der Waals surface area contributed by atoms with Crippen molar-refractivity contribution >= 4 is 33.7 Å². The molecular weight excluding hydrogens is 332 g/mol. The average Bonchev–Trinajstić information content (AvgIpc) is 2.86. The summed E-state index contributed by atoms with van der Waals surface area (Å²) in [5.74, 6) is 0.381. The lowest BCUT2D eigenvalue weighted by molar-refractivity contribution is 0.0656. The second-order valence-corrected chi connectivity index (χ2v) is 5.59. The number of furan rings is 1. The van der Waals surface area contributed by atoms with Crippen LogP contribution in [0.3, 0.4) is 0 Å². The van der Waals surface area contributed by atoms with Gasteiger partial charge in [-0.15, -0.1) is 0 Å². The second-order valence-electron chi connectivity index (χ2n) is 3.57.